The van der Waals surface area contributed by atoms with Gasteiger partial charge >= 0.3 is 0 Å². The van der Waals surface area contributed by atoms with Crippen molar-refractivity contribution in [2.24, 2.45) is 5.92 Å². The molecule has 0 fully saturated rings. The van der Waals surface area contributed by atoms with Crippen molar-refractivity contribution in [1.82, 2.24) is 0 Å². The molecule has 0 aliphatic heterocycles. The lowest BCUT2D eigenvalue weighted by Crippen LogP contribution is -2.02. The molecule has 0 heterocycles. The molecule has 0 radical (unpaired) electrons. The van der Waals surface area contributed by atoms with Gasteiger partial charge in [-0.3, -0.25) is 0 Å². The molecule has 0 spiro atoms. The van der Waals surface area contributed by atoms with E-state index in [0.717, 1.165) is 25.4 Å². The van der Waals surface area contributed by atoms with E-state index in [1.54, 1.807) is 23.9 Å². The number of phenols is 1. The highest BCUT2D eigenvalue weighted by atomic mass is 32.2. The maximum Gasteiger partial charge on any atom is 0.115 e. The molecule has 0 unspecified atom stereocenters. The third-order valence-corrected chi connectivity index (χ3v) is 3.15. The summed E-state index contributed by atoms with van der Waals surface area (Å²) in [5.41, 5.74) is 0. The summed E-state index contributed by atoms with van der Waals surface area (Å²) in [4.78, 5) is 1.17. The third-order valence-electron chi connectivity index (χ3n) is 2.17. The lowest BCUT2D eigenvalue weighted by molar-refractivity contribution is 0.138. The Hall–Kier alpha value is -0.670. The second kappa shape index (κ2) is 7.58. The van der Waals surface area contributed by atoms with Crippen LogP contribution in [-0.4, -0.2) is 24.1 Å². The Bertz CT molecular complexity index is 282. The van der Waals surface area contributed by atoms with Crippen molar-refractivity contribution < 1.29 is 9.84 Å². The molecular weight excluding hydrogens is 220 g/mol. The molecule has 0 atom stereocenters. The Labute approximate surface area is 102 Å². The van der Waals surface area contributed by atoms with E-state index in [9.17, 15) is 0 Å². The lowest BCUT2D eigenvalue weighted by atomic mass is 10.1. The number of hydrogen-bond donors (Lipinski definition) is 1. The van der Waals surface area contributed by atoms with Gasteiger partial charge in [0.1, 0.15) is 5.75 Å². The van der Waals surface area contributed by atoms with Crippen LogP contribution >= 0.6 is 11.8 Å². The predicted octanol–water partition coefficient (Wildman–Crippen LogP) is 3.55. The summed E-state index contributed by atoms with van der Waals surface area (Å²) in [5, 5.41) is 9.12. The van der Waals surface area contributed by atoms with Gasteiger partial charge < -0.3 is 9.84 Å². The number of aromatic hydroxyl groups is 1. The highest BCUT2D eigenvalue weighted by Gasteiger charge is 1.96. The van der Waals surface area contributed by atoms with E-state index in [4.69, 9.17) is 9.84 Å². The number of thioether (sulfide) groups is 1. The zero-order chi connectivity index (χ0) is 11.8. The lowest BCUT2D eigenvalue weighted by Gasteiger charge is -2.06. The Balaban J connectivity index is 2.05. The van der Waals surface area contributed by atoms with Crippen LogP contribution in [0.4, 0.5) is 0 Å². The van der Waals surface area contributed by atoms with Crippen LogP contribution in [0.1, 0.15) is 20.3 Å². The fourth-order valence-corrected chi connectivity index (χ4v) is 1.95. The van der Waals surface area contributed by atoms with Crippen molar-refractivity contribution in [3.63, 3.8) is 0 Å². The van der Waals surface area contributed by atoms with Gasteiger partial charge in [0.05, 0.1) is 6.61 Å². The van der Waals surface area contributed by atoms with Gasteiger partial charge in [-0.15, -0.1) is 11.8 Å². The van der Waals surface area contributed by atoms with Gasteiger partial charge in [-0.2, -0.15) is 0 Å². The highest BCUT2D eigenvalue weighted by molar-refractivity contribution is 7.99. The molecular formula is C13H20O2S. The number of phenolic OH excluding ortho intramolecular Hbond substituents is 1. The van der Waals surface area contributed by atoms with Gasteiger partial charge in [0.2, 0.25) is 0 Å². The van der Waals surface area contributed by atoms with E-state index < -0.39 is 0 Å². The van der Waals surface area contributed by atoms with Crippen LogP contribution < -0.4 is 0 Å². The molecule has 3 heteroatoms. The average Bonchev–Trinajstić information content (AvgIpc) is 2.25. The fourth-order valence-electron chi connectivity index (χ4n) is 1.18. The third kappa shape index (κ3) is 6.03. The molecule has 2 nitrogen and oxygen atoms in total. The molecule has 0 saturated heterocycles. The summed E-state index contributed by atoms with van der Waals surface area (Å²) in [7, 11) is 0. The Morgan fingerprint density at radius 1 is 1.19 bits per heavy atom. The summed E-state index contributed by atoms with van der Waals surface area (Å²) in [6.45, 7) is 6.05. The van der Waals surface area contributed by atoms with Crippen molar-refractivity contribution in [1.29, 1.82) is 0 Å². The van der Waals surface area contributed by atoms with Crippen LogP contribution in [-0.2, 0) is 4.74 Å². The van der Waals surface area contributed by atoms with Crippen molar-refractivity contribution in [3.8, 4) is 5.75 Å². The number of ether oxygens (including phenoxy) is 1. The normalized spacial score (nSPS) is 10.9. The molecule has 0 amide bonds. The van der Waals surface area contributed by atoms with Gasteiger partial charge in [0.25, 0.3) is 0 Å². The predicted molar refractivity (Wildman–Crippen MR) is 69.1 cm³/mol. The van der Waals surface area contributed by atoms with Crippen LogP contribution in [0, 0.1) is 5.92 Å². The van der Waals surface area contributed by atoms with E-state index in [0.29, 0.717) is 11.7 Å². The van der Waals surface area contributed by atoms with Crippen LogP contribution in [0.25, 0.3) is 0 Å². The molecule has 0 aromatic heterocycles. The first-order chi connectivity index (χ1) is 7.68. The van der Waals surface area contributed by atoms with E-state index >= 15 is 0 Å². The summed E-state index contributed by atoms with van der Waals surface area (Å²) in [6, 6.07) is 7.27. The fraction of sp³-hybridized carbons (Fsp3) is 0.538. The minimum atomic E-state index is 0.317. The van der Waals surface area contributed by atoms with E-state index in [1.807, 2.05) is 12.1 Å². The van der Waals surface area contributed by atoms with Gasteiger partial charge in [-0.25, -0.2) is 0 Å². The molecule has 1 aromatic carbocycles. The Kier molecular flexibility index (Phi) is 6.34. The van der Waals surface area contributed by atoms with Crippen molar-refractivity contribution in [2.45, 2.75) is 25.2 Å². The molecule has 1 N–H and O–H groups in total. The van der Waals surface area contributed by atoms with Crippen LogP contribution in [0.3, 0.4) is 0 Å². The smallest absolute Gasteiger partial charge is 0.115 e. The van der Waals surface area contributed by atoms with Crippen LogP contribution in [0.2, 0.25) is 0 Å². The summed E-state index contributed by atoms with van der Waals surface area (Å²) >= 11 is 1.75. The van der Waals surface area contributed by atoms with Gasteiger partial charge in [0, 0.05) is 17.3 Å². The molecule has 16 heavy (non-hydrogen) atoms. The summed E-state index contributed by atoms with van der Waals surface area (Å²) < 4.78 is 5.52. The van der Waals surface area contributed by atoms with Crippen molar-refractivity contribution in [3.05, 3.63) is 24.3 Å². The van der Waals surface area contributed by atoms with Crippen molar-refractivity contribution >= 4 is 11.8 Å². The summed E-state index contributed by atoms with van der Waals surface area (Å²) in [6.07, 6.45) is 1.13. The quantitative estimate of drug-likeness (QED) is 0.584. The Morgan fingerprint density at radius 3 is 2.50 bits per heavy atom. The van der Waals surface area contributed by atoms with Crippen LogP contribution in [0.5, 0.6) is 5.75 Å². The standard InChI is InChI=1S/C13H20O2S/c1-11(2)7-8-15-9-10-16-13-5-3-12(14)4-6-13/h3-6,11,14H,7-10H2,1-2H3. The largest absolute Gasteiger partial charge is 0.508 e. The second-order valence-electron chi connectivity index (χ2n) is 4.14. The SMILES string of the molecule is CC(C)CCOCCSc1ccc(O)cc1. The monoisotopic (exact) mass is 240 g/mol. The first-order valence-electron chi connectivity index (χ1n) is 5.68. The molecule has 0 bridgehead atoms. The topological polar surface area (TPSA) is 29.5 Å². The molecule has 0 aliphatic carbocycles. The zero-order valence-corrected chi connectivity index (χ0v) is 10.8. The summed E-state index contributed by atoms with van der Waals surface area (Å²) in [5.74, 6) is 1.99. The molecule has 90 valence electrons. The second-order valence-corrected chi connectivity index (χ2v) is 5.31. The van der Waals surface area contributed by atoms with Crippen LogP contribution in [0.15, 0.2) is 29.2 Å². The van der Waals surface area contributed by atoms with Gasteiger partial charge in [0.15, 0.2) is 0 Å². The zero-order valence-electron chi connectivity index (χ0n) is 9.98. The highest BCUT2D eigenvalue weighted by Crippen LogP contribution is 2.20. The molecule has 1 aromatic rings. The maximum absolute atomic E-state index is 9.12. The van der Waals surface area contributed by atoms with E-state index in [2.05, 4.69) is 13.8 Å². The molecule has 1 rings (SSSR count). The molecule has 0 aliphatic rings. The molecule has 0 saturated carbocycles. The minimum absolute atomic E-state index is 0.317. The number of hydrogen-bond acceptors (Lipinski definition) is 3. The van der Waals surface area contributed by atoms with E-state index in [-0.39, 0.29) is 0 Å². The van der Waals surface area contributed by atoms with Gasteiger partial charge in [-0.05, 0) is 36.6 Å². The Morgan fingerprint density at radius 2 is 1.88 bits per heavy atom. The van der Waals surface area contributed by atoms with Gasteiger partial charge in [-0.1, -0.05) is 13.8 Å². The van der Waals surface area contributed by atoms with E-state index in [1.165, 1.54) is 4.90 Å². The number of rotatable bonds is 7. The minimum Gasteiger partial charge on any atom is -0.508 e. The first-order valence-corrected chi connectivity index (χ1v) is 6.66. The maximum atomic E-state index is 9.12. The number of benzene rings is 1. The first kappa shape index (κ1) is 13.4. The average molecular weight is 240 g/mol. The van der Waals surface area contributed by atoms with Crippen molar-refractivity contribution in [2.75, 3.05) is 19.0 Å².